The highest BCUT2D eigenvalue weighted by Gasteiger charge is 2.32. The predicted octanol–water partition coefficient (Wildman–Crippen LogP) is 3.01. The molecule has 0 atom stereocenters. The molecule has 0 aliphatic carbocycles. The van der Waals surface area contributed by atoms with Gasteiger partial charge < -0.3 is 25.6 Å². The van der Waals surface area contributed by atoms with Crippen LogP contribution in [0, 0.1) is 0 Å². The van der Waals surface area contributed by atoms with Crippen molar-refractivity contribution in [3.63, 3.8) is 0 Å². The van der Waals surface area contributed by atoms with E-state index in [2.05, 4.69) is 34.9 Å². The molecule has 36 heavy (non-hydrogen) atoms. The summed E-state index contributed by atoms with van der Waals surface area (Å²) in [6.45, 7) is 3.15. The number of piperazine rings is 1. The molecule has 2 aromatic heterocycles. The Morgan fingerprint density at radius 3 is 2.56 bits per heavy atom. The van der Waals surface area contributed by atoms with E-state index >= 15 is 0 Å². The number of nitrogens with two attached hydrogens (primary N) is 1. The molecule has 1 amide bonds. The van der Waals surface area contributed by atoms with E-state index in [0.717, 1.165) is 31.9 Å². The Morgan fingerprint density at radius 2 is 1.86 bits per heavy atom. The number of likely N-dealkylation sites (N-methyl/N-ethyl adjacent to an activating group) is 1. The van der Waals surface area contributed by atoms with E-state index in [-0.39, 0.29) is 17.3 Å². The summed E-state index contributed by atoms with van der Waals surface area (Å²) in [6.07, 6.45) is -3.34. The van der Waals surface area contributed by atoms with Gasteiger partial charge in [0.1, 0.15) is 5.52 Å². The number of anilines is 3. The molecule has 1 aliphatic heterocycles. The summed E-state index contributed by atoms with van der Waals surface area (Å²) in [4.78, 5) is 24.9. The number of fused-ring (bicyclic) bond motifs is 3. The number of carbonyl (C=O) groups excluding carboxylic acids is 1. The van der Waals surface area contributed by atoms with Crippen molar-refractivity contribution < 1.29 is 22.7 Å². The van der Waals surface area contributed by atoms with E-state index in [4.69, 9.17) is 5.73 Å². The highest BCUT2D eigenvalue weighted by molar-refractivity contribution is 6.11. The Hall–Kier alpha value is -4.13. The maximum atomic E-state index is 13.1. The van der Waals surface area contributed by atoms with E-state index in [1.54, 1.807) is 31.3 Å². The molecule has 0 spiro atoms. The van der Waals surface area contributed by atoms with E-state index in [0.29, 0.717) is 21.8 Å². The first kappa shape index (κ1) is 23.6. The van der Waals surface area contributed by atoms with Crippen molar-refractivity contribution in [2.45, 2.75) is 6.36 Å². The van der Waals surface area contributed by atoms with Crippen molar-refractivity contribution in [3.8, 4) is 5.75 Å². The molecule has 13 heteroatoms. The number of ether oxygens (including phenoxy) is 1. The van der Waals surface area contributed by atoms with Crippen LogP contribution < -0.4 is 20.7 Å². The minimum atomic E-state index is -4.87. The van der Waals surface area contributed by atoms with Crippen molar-refractivity contribution in [1.29, 1.82) is 0 Å². The number of benzene rings is 2. The Bertz CT molecular complexity index is 1460. The number of alkyl halides is 3. The van der Waals surface area contributed by atoms with Gasteiger partial charge >= 0.3 is 6.36 Å². The SMILES string of the molecule is CN1CCN(c2ccc(OC(F)(F)F)c(Nc3ncc4ccc5c(C(N)=O)nn(C)c5c4n3)c2)CC1. The van der Waals surface area contributed by atoms with E-state index in [1.165, 1.54) is 16.9 Å². The second-order valence-corrected chi connectivity index (χ2v) is 8.57. The molecule has 0 unspecified atom stereocenters. The van der Waals surface area contributed by atoms with Gasteiger partial charge in [0.15, 0.2) is 11.4 Å². The zero-order chi connectivity index (χ0) is 25.6. The molecule has 1 saturated heterocycles. The summed E-state index contributed by atoms with van der Waals surface area (Å²) in [5.74, 6) is -1.03. The van der Waals surface area contributed by atoms with Crippen LogP contribution in [0.15, 0.2) is 36.5 Å². The summed E-state index contributed by atoms with van der Waals surface area (Å²) >= 11 is 0. The number of halogens is 3. The molecule has 10 nitrogen and oxygen atoms in total. The van der Waals surface area contributed by atoms with Gasteiger partial charge in [-0.25, -0.2) is 9.97 Å². The van der Waals surface area contributed by atoms with Gasteiger partial charge in [-0.1, -0.05) is 6.07 Å². The number of hydrogen-bond acceptors (Lipinski definition) is 8. The summed E-state index contributed by atoms with van der Waals surface area (Å²) < 4.78 is 45.1. The Labute approximate surface area is 203 Å². The Kier molecular flexibility index (Phi) is 5.79. The lowest BCUT2D eigenvalue weighted by Gasteiger charge is -2.34. The highest BCUT2D eigenvalue weighted by Crippen LogP contribution is 2.36. The van der Waals surface area contributed by atoms with Crippen LogP contribution in [-0.2, 0) is 7.05 Å². The zero-order valence-corrected chi connectivity index (χ0v) is 19.5. The molecule has 188 valence electrons. The third-order valence-corrected chi connectivity index (χ3v) is 6.09. The standard InChI is InChI=1S/C23H23F3N8O2/c1-32-7-9-34(10-8-32)14-4-6-17(36-23(24,25)26)16(11-14)29-22-28-12-13-3-5-15-19(21(27)35)31-33(2)20(15)18(13)30-22/h3-6,11-12H,7-10H2,1-2H3,(H2,27,35)(H,28,29,30). The van der Waals surface area contributed by atoms with Gasteiger partial charge in [0.25, 0.3) is 5.91 Å². The number of aromatic nitrogens is 4. The van der Waals surface area contributed by atoms with Crippen LogP contribution >= 0.6 is 0 Å². The quantitative estimate of drug-likeness (QED) is 0.430. The first-order chi connectivity index (χ1) is 17.1. The maximum absolute atomic E-state index is 13.1. The lowest BCUT2D eigenvalue weighted by atomic mass is 10.1. The van der Waals surface area contributed by atoms with Gasteiger partial charge in [-0.05, 0) is 31.3 Å². The van der Waals surface area contributed by atoms with Crippen molar-refractivity contribution in [2.24, 2.45) is 12.8 Å². The van der Waals surface area contributed by atoms with Crippen LogP contribution in [0.5, 0.6) is 5.75 Å². The van der Waals surface area contributed by atoms with Crippen LogP contribution in [0.2, 0.25) is 0 Å². The van der Waals surface area contributed by atoms with Crippen LogP contribution in [0.1, 0.15) is 10.5 Å². The summed E-state index contributed by atoms with van der Waals surface area (Å²) in [5.41, 5.74) is 7.37. The molecule has 0 radical (unpaired) electrons. The zero-order valence-electron chi connectivity index (χ0n) is 19.5. The Morgan fingerprint density at radius 1 is 1.11 bits per heavy atom. The third kappa shape index (κ3) is 4.56. The summed E-state index contributed by atoms with van der Waals surface area (Å²) in [7, 11) is 3.67. The lowest BCUT2D eigenvalue weighted by molar-refractivity contribution is -0.274. The fourth-order valence-corrected chi connectivity index (χ4v) is 4.31. The molecule has 3 heterocycles. The largest absolute Gasteiger partial charge is 0.573 e. The van der Waals surface area contributed by atoms with Crippen LogP contribution in [0.25, 0.3) is 21.8 Å². The van der Waals surface area contributed by atoms with Gasteiger partial charge in [0.2, 0.25) is 5.95 Å². The van der Waals surface area contributed by atoms with Crippen molar-refractivity contribution in [2.75, 3.05) is 43.4 Å². The van der Waals surface area contributed by atoms with Gasteiger partial charge in [0, 0.05) is 55.9 Å². The number of carbonyl (C=O) groups is 1. The van der Waals surface area contributed by atoms with Crippen molar-refractivity contribution in [3.05, 3.63) is 42.2 Å². The van der Waals surface area contributed by atoms with Gasteiger partial charge in [-0.2, -0.15) is 5.10 Å². The van der Waals surface area contributed by atoms with E-state index in [1.807, 2.05) is 7.05 Å². The second kappa shape index (κ2) is 8.82. The molecule has 5 rings (SSSR count). The number of nitrogens with one attached hydrogen (secondary N) is 1. The average Bonchev–Trinajstić information content (AvgIpc) is 3.17. The molecular formula is C23H23F3N8O2. The Balaban J connectivity index is 1.56. The number of amides is 1. The molecular weight excluding hydrogens is 477 g/mol. The van der Waals surface area contributed by atoms with Gasteiger partial charge in [-0.15, -0.1) is 13.2 Å². The fraction of sp³-hybridized carbons (Fsp3) is 0.304. The maximum Gasteiger partial charge on any atom is 0.573 e. The van der Waals surface area contributed by atoms with Gasteiger partial charge in [-0.3, -0.25) is 9.48 Å². The first-order valence-corrected chi connectivity index (χ1v) is 11.1. The lowest BCUT2D eigenvalue weighted by Crippen LogP contribution is -2.44. The molecule has 4 aromatic rings. The predicted molar refractivity (Wildman–Crippen MR) is 128 cm³/mol. The van der Waals surface area contributed by atoms with E-state index in [9.17, 15) is 18.0 Å². The number of primary amides is 1. The first-order valence-electron chi connectivity index (χ1n) is 11.1. The van der Waals surface area contributed by atoms with Crippen LogP contribution in [-0.4, -0.2) is 70.1 Å². The number of aryl methyl sites for hydroxylation is 1. The third-order valence-electron chi connectivity index (χ3n) is 6.09. The van der Waals surface area contributed by atoms with Crippen molar-refractivity contribution in [1.82, 2.24) is 24.6 Å². The topological polar surface area (TPSA) is 114 Å². The molecule has 0 bridgehead atoms. The average molecular weight is 500 g/mol. The monoisotopic (exact) mass is 500 g/mol. The molecule has 1 fully saturated rings. The van der Waals surface area contributed by atoms with Crippen molar-refractivity contribution >= 4 is 45.0 Å². The highest BCUT2D eigenvalue weighted by atomic mass is 19.4. The van der Waals surface area contributed by atoms with Crippen LogP contribution in [0.4, 0.5) is 30.5 Å². The number of hydrogen-bond donors (Lipinski definition) is 2. The minimum Gasteiger partial charge on any atom is -0.404 e. The minimum absolute atomic E-state index is 0.0550. The summed E-state index contributed by atoms with van der Waals surface area (Å²) in [6, 6.07) is 7.90. The van der Waals surface area contributed by atoms with E-state index < -0.39 is 18.0 Å². The summed E-state index contributed by atoms with van der Waals surface area (Å²) in [5, 5.41) is 8.24. The van der Waals surface area contributed by atoms with Crippen LogP contribution in [0.3, 0.4) is 0 Å². The second-order valence-electron chi connectivity index (χ2n) is 8.57. The normalized spacial score (nSPS) is 15.0. The smallest absolute Gasteiger partial charge is 0.404 e. The van der Waals surface area contributed by atoms with Gasteiger partial charge in [0.05, 0.1) is 11.2 Å². The number of nitrogens with zero attached hydrogens (tertiary/aromatic N) is 6. The molecule has 0 saturated carbocycles. The molecule has 3 N–H and O–H groups in total. The number of rotatable bonds is 5. The fourth-order valence-electron chi connectivity index (χ4n) is 4.31. The molecule has 2 aromatic carbocycles. The molecule has 1 aliphatic rings.